The molecule has 18 heavy (non-hydrogen) atoms. The Kier molecular flexibility index (Phi) is 3.21. The van der Waals surface area contributed by atoms with Crippen LogP contribution in [0.3, 0.4) is 0 Å². The summed E-state index contributed by atoms with van der Waals surface area (Å²) in [7, 11) is 0. The van der Waals surface area contributed by atoms with Gasteiger partial charge in [-0.1, -0.05) is 6.07 Å². The molecule has 1 aromatic rings. The first-order valence-corrected chi connectivity index (χ1v) is 6.82. The molecule has 0 N–H and O–H groups in total. The zero-order valence-corrected chi connectivity index (χ0v) is 10.7. The van der Waals surface area contributed by atoms with Crippen LogP contribution in [0.25, 0.3) is 0 Å². The minimum Gasteiger partial charge on any atom is -0.369 e. The molecule has 0 aromatic heterocycles. The maximum absolute atomic E-state index is 8.93. The Morgan fingerprint density at radius 1 is 1.17 bits per heavy atom. The SMILES string of the molecule is N#Cc1cccc(N2CCN(CC3CC3)CC2)c1. The van der Waals surface area contributed by atoms with Crippen molar-refractivity contribution in [1.82, 2.24) is 4.90 Å². The molecule has 3 heteroatoms. The minimum atomic E-state index is 0.757. The second-order valence-corrected chi connectivity index (χ2v) is 5.39. The molecule has 0 radical (unpaired) electrons. The Hall–Kier alpha value is -1.53. The van der Waals surface area contributed by atoms with Gasteiger partial charge in [-0.25, -0.2) is 0 Å². The van der Waals surface area contributed by atoms with Gasteiger partial charge >= 0.3 is 0 Å². The van der Waals surface area contributed by atoms with Gasteiger partial charge in [0.15, 0.2) is 0 Å². The highest BCUT2D eigenvalue weighted by atomic mass is 15.3. The zero-order chi connectivity index (χ0) is 12.4. The predicted molar refractivity (Wildman–Crippen MR) is 72.5 cm³/mol. The molecule has 1 saturated carbocycles. The highest BCUT2D eigenvalue weighted by molar-refractivity contribution is 5.51. The van der Waals surface area contributed by atoms with E-state index in [4.69, 9.17) is 5.26 Å². The van der Waals surface area contributed by atoms with Gasteiger partial charge in [0, 0.05) is 38.4 Å². The van der Waals surface area contributed by atoms with Crippen LogP contribution in [-0.2, 0) is 0 Å². The fourth-order valence-electron chi connectivity index (χ4n) is 2.63. The van der Waals surface area contributed by atoms with Crippen molar-refractivity contribution in [1.29, 1.82) is 5.26 Å². The van der Waals surface area contributed by atoms with Crippen molar-refractivity contribution in [3.8, 4) is 6.07 Å². The molecule has 3 rings (SSSR count). The smallest absolute Gasteiger partial charge is 0.0992 e. The Bertz CT molecular complexity index is 451. The van der Waals surface area contributed by atoms with Crippen LogP contribution in [0.1, 0.15) is 18.4 Å². The minimum absolute atomic E-state index is 0.757. The summed E-state index contributed by atoms with van der Waals surface area (Å²) in [5.41, 5.74) is 1.95. The van der Waals surface area contributed by atoms with Crippen molar-refractivity contribution in [2.45, 2.75) is 12.8 Å². The average Bonchev–Trinajstić information content (AvgIpc) is 3.24. The molecular formula is C15H19N3. The maximum atomic E-state index is 8.93. The average molecular weight is 241 g/mol. The highest BCUT2D eigenvalue weighted by Crippen LogP contribution is 2.30. The Labute approximate surface area is 109 Å². The summed E-state index contributed by atoms with van der Waals surface area (Å²) in [4.78, 5) is 4.98. The Morgan fingerprint density at radius 2 is 1.94 bits per heavy atom. The molecule has 1 heterocycles. The third-order valence-electron chi connectivity index (χ3n) is 3.93. The molecule has 2 fully saturated rings. The van der Waals surface area contributed by atoms with Crippen LogP contribution in [0.2, 0.25) is 0 Å². The van der Waals surface area contributed by atoms with E-state index >= 15 is 0 Å². The number of piperazine rings is 1. The summed E-state index contributed by atoms with van der Waals surface area (Å²) < 4.78 is 0. The van der Waals surface area contributed by atoms with Gasteiger partial charge in [0.2, 0.25) is 0 Å². The van der Waals surface area contributed by atoms with E-state index in [0.717, 1.165) is 37.7 Å². The lowest BCUT2D eigenvalue weighted by molar-refractivity contribution is 0.248. The van der Waals surface area contributed by atoms with E-state index in [2.05, 4.69) is 21.9 Å². The predicted octanol–water partition coefficient (Wildman–Crippen LogP) is 2.09. The van der Waals surface area contributed by atoms with Crippen LogP contribution >= 0.6 is 0 Å². The number of nitriles is 1. The number of hydrogen-bond donors (Lipinski definition) is 0. The number of hydrogen-bond acceptors (Lipinski definition) is 3. The summed E-state index contributed by atoms with van der Waals surface area (Å²) in [6.45, 7) is 5.79. The monoisotopic (exact) mass is 241 g/mol. The van der Waals surface area contributed by atoms with Gasteiger partial charge in [0.1, 0.15) is 0 Å². The molecule has 94 valence electrons. The number of nitrogens with zero attached hydrogens (tertiary/aromatic N) is 3. The Balaban J connectivity index is 1.59. The van der Waals surface area contributed by atoms with Gasteiger partial charge in [0.05, 0.1) is 11.6 Å². The van der Waals surface area contributed by atoms with Crippen LogP contribution < -0.4 is 4.90 Å². The number of benzene rings is 1. The van der Waals surface area contributed by atoms with Gasteiger partial charge in [-0.3, -0.25) is 4.90 Å². The first-order valence-electron chi connectivity index (χ1n) is 6.82. The molecule has 0 amide bonds. The normalized spacial score (nSPS) is 20.7. The fraction of sp³-hybridized carbons (Fsp3) is 0.533. The quantitative estimate of drug-likeness (QED) is 0.811. The summed E-state index contributed by atoms with van der Waals surface area (Å²) in [5, 5.41) is 8.93. The van der Waals surface area contributed by atoms with E-state index in [-0.39, 0.29) is 0 Å². The van der Waals surface area contributed by atoms with E-state index in [1.165, 1.54) is 25.1 Å². The lowest BCUT2D eigenvalue weighted by Crippen LogP contribution is -2.47. The number of rotatable bonds is 3. The molecule has 2 aliphatic rings. The van der Waals surface area contributed by atoms with Crippen LogP contribution in [0.5, 0.6) is 0 Å². The van der Waals surface area contributed by atoms with Crippen molar-refractivity contribution in [2.75, 3.05) is 37.6 Å². The van der Waals surface area contributed by atoms with Gasteiger partial charge < -0.3 is 4.90 Å². The highest BCUT2D eigenvalue weighted by Gasteiger charge is 2.26. The fourth-order valence-corrected chi connectivity index (χ4v) is 2.63. The Morgan fingerprint density at radius 3 is 2.61 bits per heavy atom. The first kappa shape index (κ1) is 11.6. The van der Waals surface area contributed by atoms with Crippen molar-refractivity contribution < 1.29 is 0 Å². The largest absolute Gasteiger partial charge is 0.369 e. The molecular weight excluding hydrogens is 222 g/mol. The summed E-state index contributed by atoms with van der Waals surface area (Å²) in [6.07, 6.45) is 2.87. The maximum Gasteiger partial charge on any atom is 0.0992 e. The second kappa shape index (κ2) is 4.99. The van der Waals surface area contributed by atoms with Crippen LogP contribution in [0, 0.1) is 17.2 Å². The van der Waals surface area contributed by atoms with E-state index in [1.54, 1.807) is 0 Å². The zero-order valence-electron chi connectivity index (χ0n) is 10.7. The third kappa shape index (κ3) is 2.65. The molecule has 0 atom stereocenters. The lowest BCUT2D eigenvalue weighted by atomic mass is 10.2. The van der Waals surface area contributed by atoms with E-state index < -0.39 is 0 Å². The van der Waals surface area contributed by atoms with Crippen molar-refractivity contribution in [2.24, 2.45) is 5.92 Å². The van der Waals surface area contributed by atoms with Crippen molar-refractivity contribution >= 4 is 5.69 Å². The van der Waals surface area contributed by atoms with E-state index in [1.807, 2.05) is 18.2 Å². The van der Waals surface area contributed by atoms with Gasteiger partial charge in [-0.05, 0) is 37.0 Å². The van der Waals surface area contributed by atoms with Crippen LogP contribution in [0.4, 0.5) is 5.69 Å². The standard InChI is InChI=1S/C15H19N3/c16-11-14-2-1-3-15(10-14)18-8-6-17(7-9-18)12-13-4-5-13/h1-3,10,13H,4-9,12H2. The van der Waals surface area contributed by atoms with Crippen molar-refractivity contribution in [3.05, 3.63) is 29.8 Å². The summed E-state index contributed by atoms with van der Waals surface area (Å²) in [5.74, 6) is 0.985. The van der Waals surface area contributed by atoms with E-state index in [9.17, 15) is 0 Å². The van der Waals surface area contributed by atoms with Crippen LogP contribution in [-0.4, -0.2) is 37.6 Å². The van der Waals surface area contributed by atoms with Crippen molar-refractivity contribution in [3.63, 3.8) is 0 Å². The molecule has 3 nitrogen and oxygen atoms in total. The molecule has 0 spiro atoms. The lowest BCUT2D eigenvalue weighted by Gasteiger charge is -2.36. The summed E-state index contributed by atoms with van der Waals surface area (Å²) >= 11 is 0. The van der Waals surface area contributed by atoms with Gasteiger partial charge in [-0.2, -0.15) is 5.26 Å². The topological polar surface area (TPSA) is 30.3 Å². The molecule has 0 bridgehead atoms. The van der Waals surface area contributed by atoms with Gasteiger partial charge in [0.25, 0.3) is 0 Å². The molecule has 1 aliphatic carbocycles. The molecule has 1 aromatic carbocycles. The third-order valence-corrected chi connectivity index (χ3v) is 3.93. The van der Waals surface area contributed by atoms with Crippen LogP contribution in [0.15, 0.2) is 24.3 Å². The first-order chi connectivity index (χ1) is 8.85. The molecule has 1 aliphatic heterocycles. The number of anilines is 1. The second-order valence-electron chi connectivity index (χ2n) is 5.39. The molecule has 0 unspecified atom stereocenters. The molecule has 1 saturated heterocycles. The summed E-state index contributed by atoms with van der Waals surface area (Å²) in [6, 6.07) is 10.2. The van der Waals surface area contributed by atoms with Gasteiger partial charge in [-0.15, -0.1) is 0 Å². The van der Waals surface area contributed by atoms with E-state index in [0.29, 0.717) is 0 Å².